The normalized spacial score (nSPS) is 19.7. The number of benzene rings is 1. The van der Waals surface area contributed by atoms with Gasteiger partial charge in [-0.2, -0.15) is 11.8 Å². The van der Waals surface area contributed by atoms with Crippen LogP contribution in [0.5, 0.6) is 0 Å². The molecule has 5 nitrogen and oxygen atoms in total. The highest BCUT2D eigenvalue weighted by Gasteiger charge is 2.24. The summed E-state index contributed by atoms with van der Waals surface area (Å²) >= 11 is 1.67. The second kappa shape index (κ2) is 9.08. The van der Waals surface area contributed by atoms with Gasteiger partial charge in [-0.05, 0) is 37.3 Å². The molecule has 1 saturated heterocycles. The zero-order valence-corrected chi connectivity index (χ0v) is 15.3. The highest BCUT2D eigenvalue weighted by Crippen LogP contribution is 2.22. The van der Waals surface area contributed by atoms with Gasteiger partial charge in [0.15, 0.2) is 0 Å². The van der Waals surface area contributed by atoms with Crippen LogP contribution in [0.4, 0.5) is 5.69 Å². The highest BCUT2D eigenvalue weighted by molar-refractivity contribution is 7.98. The molecule has 1 aliphatic rings. The first kappa shape index (κ1) is 18.8. The summed E-state index contributed by atoms with van der Waals surface area (Å²) in [6.07, 6.45) is 3.85. The Morgan fingerprint density at radius 1 is 1.42 bits per heavy atom. The van der Waals surface area contributed by atoms with Crippen LogP contribution in [-0.4, -0.2) is 41.8 Å². The quantitative estimate of drug-likeness (QED) is 0.792. The van der Waals surface area contributed by atoms with Crippen molar-refractivity contribution in [2.45, 2.75) is 26.3 Å². The van der Waals surface area contributed by atoms with E-state index in [-0.39, 0.29) is 23.7 Å². The van der Waals surface area contributed by atoms with Crippen molar-refractivity contribution in [3.8, 4) is 0 Å². The van der Waals surface area contributed by atoms with Crippen LogP contribution < -0.4 is 11.1 Å². The zero-order chi connectivity index (χ0) is 17.5. The predicted octanol–water partition coefficient (Wildman–Crippen LogP) is 2.32. The molecule has 2 atom stereocenters. The summed E-state index contributed by atoms with van der Waals surface area (Å²) in [5, 5.41) is 3.05. The summed E-state index contributed by atoms with van der Waals surface area (Å²) in [6, 6.07) is 7.88. The van der Waals surface area contributed by atoms with E-state index in [1.807, 2.05) is 37.4 Å². The van der Waals surface area contributed by atoms with Crippen molar-refractivity contribution in [2.75, 3.05) is 30.4 Å². The number of para-hydroxylation sites is 1. The molecule has 1 heterocycles. The number of amides is 2. The van der Waals surface area contributed by atoms with E-state index in [0.29, 0.717) is 6.54 Å². The number of hydrogen-bond acceptors (Lipinski definition) is 4. The number of nitrogens with two attached hydrogens (primary N) is 1. The Morgan fingerprint density at radius 2 is 2.17 bits per heavy atom. The van der Waals surface area contributed by atoms with Gasteiger partial charge >= 0.3 is 0 Å². The average Bonchev–Trinajstić information content (AvgIpc) is 2.57. The van der Waals surface area contributed by atoms with Crippen molar-refractivity contribution < 1.29 is 9.59 Å². The largest absolute Gasteiger partial charge is 0.369 e. The number of anilines is 1. The van der Waals surface area contributed by atoms with Crippen molar-refractivity contribution in [3.05, 3.63) is 29.8 Å². The van der Waals surface area contributed by atoms with Gasteiger partial charge < -0.3 is 11.1 Å². The van der Waals surface area contributed by atoms with Crippen LogP contribution in [-0.2, 0) is 16.1 Å². The molecule has 132 valence electrons. The maximum absolute atomic E-state index is 12.3. The number of primary amides is 1. The maximum Gasteiger partial charge on any atom is 0.228 e. The Labute approximate surface area is 148 Å². The lowest BCUT2D eigenvalue weighted by Gasteiger charge is -2.31. The molecule has 1 aromatic rings. The molecule has 3 N–H and O–H groups in total. The molecule has 0 aromatic heterocycles. The number of rotatable bonds is 7. The first-order chi connectivity index (χ1) is 11.5. The third-order valence-electron chi connectivity index (χ3n) is 4.44. The lowest BCUT2D eigenvalue weighted by atomic mass is 9.97. The summed E-state index contributed by atoms with van der Waals surface area (Å²) in [5.74, 6) is 0.544. The molecule has 0 aliphatic carbocycles. The molecule has 1 fully saturated rings. The molecule has 0 radical (unpaired) electrons. The van der Waals surface area contributed by atoms with Crippen molar-refractivity contribution in [3.63, 3.8) is 0 Å². The van der Waals surface area contributed by atoms with Crippen molar-refractivity contribution in [2.24, 2.45) is 17.6 Å². The third-order valence-corrected chi connectivity index (χ3v) is 5.27. The molecule has 0 bridgehead atoms. The van der Waals surface area contributed by atoms with E-state index in [1.165, 1.54) is 0 Å². The van der Waals surface area contributed by atoms with Crippen molar-refractivity contribution in [1.82, 2.24) is 4.90 Å². The monoisotopic (exact) mass is 349 g/mol. The van der Waals surface area contributed by atoms with Gasteiger partial charge in [-0.1, -0.05) is 25.1 Å². The number of nitrogens with zero attached hydrogens (tertiary/aromatic N) is 1. The van der Waals surface area contributed by atoms with Gasteiger partial charge in [0.2, 0.25) is 11.8 Å². The van der Waals surface area contributed by atoms with E-state index in [4.69, 9.17) is 5.73 Å². The number of piperidine rings is 1. The third kappa shape index (κ3) is 5.24. The van der Waals surface area contributed by atoms with Gasteiger partial charge in [-0.25, -0.2) is 0 Å². The average molecular weight is 350 g/mol. The Hall–Kier alpha value is -1.53. The summed E-state index contributed by atoms with van der Waals surface area (Å²) < 4.78 is 0. The number of carbonyl (C=O) groups is 2. The first-order valence-corrected chi connectivity index (χ1v) is 9.80. The lowest BCUT2D eigenvalue weighted by Crippen LogP contribution is -2.40. The molecule has 0 saturated carbocycles. The Bertz CT molecular complexity index is 579. The molecular weight excluding hydrogens is 322 g/mol. The second-order valence-corrected chi connectivity index (χ2v) is 7.39. The van der Waals surface area contributed by atoms with Crippen LogP contribution in [0.1, 0.15) is 25.3 Å². The molecular formula is C18H27N3O2S. The van der Waals surface area contributed by atoms with Gasteiger partial charge in [0, 0.05) is 30.4 Å². The van der Waals surface area contributed by atoms with E-state index in [0.717, 1.165) is 42.9 Å². The molecule has 0 spiro atoms. The Kier molecular flexibility index (Phi) is 7.12. The fraction of sp³-hybridized carbons (Fsp3) is 0.556. The Balaban J connectivity index is 2.03. The summed E-state index contributed by atoms with van der Waals surface area (Å²) in [6.45, 7) is 4.31. The van der Waals surface area contributed by atoms with E-state index < -0.39 is 0 Å². The first-order valence-electron chi connectivity index (χ1n) is 8.40. The van der Waals surface area contributed by atoms with Gasteiger partial charge in [0.1, 0.15) is 0 Å². The standard InChI is InChI=1S/C18H27N3O2S/c1-13(12-24-2)18(23)20-16-8-4-3-6-14(16)10-21-9-5-7-15(11-21)17(19)22/h3-4,6,8,13,15H,5,7,9-12H2,1-2H3,(H2,19,22)(H,20,23)/t13-,15+/m0/s1. The lowest BCUT2D eigenvalue weighted by molar-refractivity contribution is -0.123. The van der Waals surface area contributed by atoms with Crippen LogP contribution in [0.2, 0.25) is 0 Å². The number of thioether (sulfide) groups is 1. The maximum atomic E-state index is 12.3. The zero-order valence-electron chi connectivity index (χ0n) is 14.5. The fourth-order valence-corrected chi connectivity index (χ4v) is 3.69. The van der Waals surface area contributed by atoms with Gasteiger partial charge in [-0.15, -0.1) is 0 Å². The molecule has 24 heavy (non-hydrogen) atoms. The summed E-state index contributed by atoms with van der Waals surface area (Å²) in [7, 11) is 0. The van der Waals surface area contributed by atoms with Crippen LogP contribution in [0.3, 0.4) is 0 Å². The molecule has 2 rings (SSSR count). The number of nitrogens with one attached hydrogen (secondary N) is 1. The number of carbonyl (C=O) groups excluding carboxylic acids is 2. The van der Waals surface area contributed by atoms with Crippen molar-refractivity contribution >= 4 is 29.3 Å². The van der Waals surface area contributed by atoms with Gasteiger partial charge in [0.05, 0.1) is 5.92 Å². The van der Waals surface area contributed by atoms with Crippen LogP contribution >= 0.6 is 11.8 Å². The predicted molar refractivity (Wildman–Crippen MR) is 99.8 cm³/mol. The highest BCUT2D eigenvalue weighted by atomic mass is 32.2. The summed E-state index contributed by atoms with van der Waals surface area (Å²) in [4.78, 5) is 26.0. The summed E-state index contributed by atoms with van der Waals surface area (Å²) in [5.41, 5.74) is 7.39. The smallest absolute Gasteiger partial charge is 0.228 e. The van der Waals surface area contributed by atoms with Crippen LogP contribution in [0.15, 0.2) is 24.3 Å². The Morgan fingerprint density at radius 3 is 2.88 bits per heavy atom. The van der Waals surface area contributed by atoms with E-state index in [1.54, 1.807) is 11.8 Å². The second-order valence-electron chi connectivity index (χ2n) is 6.48. The van der Waals surface area contributed by atoms with E-state index in [2.05, 4.69) is 10.2 Å². The molecule has 1 aromatic carbocycles. The van der Waals surface area contributed by atoms with Crippen molar-refractivity contribution in [1.29, 1.82) is 0 Å². The van der Waals surface area contributed by atoms with Gasteiger partial charge in [0.25, 0.3) is 0 Å². The minimum Gasteiger partial charge on any atom is -0.369 e. The molecule has 2 amide bonds. The number of hydrogen-bond donors (Lipinski definition) is 2. The van der Waals surface area contributed by atoms with E-state index >= 15 is 0 Å². The van der Waals surface area contributed by atoms with Crippen LogP contribution in [0, 0.1) is 11.8 Å². The number of likely N-dealkylation sites (tertiary alicyclic amines) is 1. The van der Waals surface area contributed by atoms with Crippen LogP contribution in [0.25, 0.3) is 0 Å². The minimum atomic E-state index is -0.216. The molecule has 6 heteroatoms. The SMILES string of the molecule is CSC[C@H](C)C(=O)Nc1ccccc1CN1CCC[C@@H](C(N)=O)C1. The molecule has 0 unspecified atom stereocenters. The fourth-order valence-electron chi connectivity index (χ4n) is 3.03. The topological polar surface area (TPSA) is 75.4 Å². The minimum absolute atomic E-state index is 0.0257. The molecule has 1 aliphatic heterocycles. The van der Waals surface area contributed by atoms with E-state index in [9.17, 15) is 9.59 Å². The van der Waals surface area contributed by atoms with Gasteiger partial charge in [-0.3, -0.25) is 14.5 Å².